The maximum absolute atomic E-state index is 12.4. The number of hydrogen-bond donors (Lipinski definition) is 2. The van der Waals surface area contributed by atoms with Gasteiger partial charge in [0, 0.05) is 19.7 Å². The predicted molar refractivity (Wildman–Crippen MR) is 104 cm³/mol. The van der Waals surface area contributed by atoms with E-state index in [-0.39, 0.29) is 12.1 Å². The fraction of sp³-hybridized carbons (Fsp3) is 0.278. The van der Waals surface area contributed by atoms with Crippen LogP contribution in [0.25, 0.3) is 11.2 Å². The Bertz CT molecular complexity index is 1220. The van der Waals surface area contributed by atoms with Gasteiger partial charge < -0.3 is 9.47 Å². The van der Waals surface area contributed by atoms with Gasteiger partial charge in [-0.1, -0.05) is 0 Å². The third kappa shape index (κ3) is 3.74. The van der Waals surface area contributed by atoms with E-state index in [0.29, 0.717) is 22.7 Å². The molecule has 0 saturated heterocycles. The molecule has 1 amide bonds. The Morgan fingerprint density at radius 1 is 1.24 bits per heavy atom. The summed E-state index contributed by atoms with van der Waals surface area (Å²) >= 11 is 0. The number of H-pyrrole nitrogens is 1. The molecule has 11 heteroatoms. The molecule has 11 nitrogen and oxygen atoms in total. The molecule has 1 aromatic carbocycles. The molecule has 0 aliphatic heterocycles. The van der Waals surface area contributed by atoms with E-state index in [4.69, 9.17) is 9.47 Å². The van der Waals surface area contributed by atoms with Crippen LogP contribution < -0.4 is 30.7 Å². The van der Waals surface area contributed by atoms with Crippen LogP contribution in [0.4, 0.5) is 0 Å². The van der Waals surface area contributed by atoms with E-state index in [9.17, 15) is 14.4 Å². The quantitative estimate of drug-likeness (QED) is 0.312. The van der Waals surface area contributed by atoms with Gasteiger partial charge in [-0.05, 0) is 18.2 Å². The molecule has 0 spiro atoms. The number of imidazole rings is 1. The molecule has 2 aromatic heterocycles. The Morgan fingerprint density at radius 2 is 2.00 bits per heavy atom. The zero-order chi connectivity index (χ0) is 21.1. The standard InChI is InChI=1S/C18H20N6O5/c1-22-16-15(17(26)23(2)18(22)27)24(10-19-16)9-14(25)21-20-8-11-7-12(28-3)5-6-13(11)29-4/h5-8,10H,9H2,1-4H3,(H,21,25)/p+1. The van der Waals surface area contributed by atoms with Crippen LogP contribution in [-0.2, 0) is 25.4 Å². The summed E-state index contributed by atoms with van der Waals surface area (Å²) in [5.74, 6) is 0.735. The number of hydrazone groups is 1. The smallest absolute Gasteiger partial charge is 0.333 e. The van der Waals surface area contributed by atoms with E-state index in [0.717, 1.165) is 4.57 Å². The topological polar surface area (TPSA) is 124 Å². The zero-order valence-corrected chi connectivity index (χ0v) is 16.4. The van der Waals surface area contributed by atoms with Gasteiger partial charge in [-0.25, -0.2) is 19.8 Å². The molecule has 0 atom stereocenters. The largest absolute Gasteiger partial charge is 0.497 e. The Morgan fingerprint density at radius 3 is 2.69 bits per heavy atom. The molecule has 3 aromatic rings. The number of nitrogens with one attached hydrogen (secondary N) is 2. The van der Waals surface area contributed by atoms with Crippen molar-refractivity contribution in [2.75, 3.05) is 14.2 Å². The summed E-state index contributed by atoms with van der Waals surface area (Å²) in [6.07, 6.45) is 2.89. The van der Waals surface area contributed by atoms with Crippen LogP contribution in [0, 0.1) is 0 Å². The average molecular weight is 401 g/mol. The van der Waals surface area contributed by atoms with E-state index in [2.05, 4.69) is 15.5 Å². The van der Waals surface area contributed by atoms with Crippen LogP contribution in [0.2, 0.25) is 0 Å². The van der Waals surface area contributed by atoms with E-state index < -0.39 is 17.2 Å². The number of fused-ring (bicyclic) bond motifs is 1. The molecular formula is C18H21N6O5+. The highest BCUT2D eigenvalue weighted by atomic mass is 16.5. The molecule has 3 rings (SSSR count). The predicted octanol–water partition coefficient (Wildman–Crippen LogP) is -0.980. The number of nitrogens with zero attached hydrogens (tertiary/aromatic N) is 4. The lowest BCUT2D eigenvalue weighted by Gasteiger charge is -2.06. The second-order valence-corrected chi connectivity index (χ2v) is 6.21. The van der Waals surface area contributed by atoms with Crippen LogP contribution >= 0.6 is 0 Å². The SMILES string of the molecule is COc1ccc(OC)c(C=NNC(=O)C[n+]2c[nH]c3c2c(=O)n(C)c(=O)n3C)c1. The summed E-state index contributed by atoms with van der Waals surface area (Å²) in [5, 5.41) is 3.94. The lowest BCUT2D eigenvalue weighted by Crippen LogP contribution is -2.46. The number of aromatic amines is 1. The van der Waals surface area contributed by atoms with Crippen LogP contribution in [0.1, 0.15) is 5.56 Å². The number of rotatable bonds is 6. The molecule has 2 heterocycles. The van der Waals surface area contributed by atoms with E-state index in [1.54, 1.807) is 25.3 Å². The fourth-order valence-corrected chi connectivity index (χ4v) is 2.88. The number of hydrogen-bond acceptors (Lipinski definition) is 6. The second kappa shape index (κ2) is 8.00. The van der Waals surface area contributed by atoms with Gasteiger partial charge in [0.15, 0.2) is 6.54 Å². The van der Waals surface area contributed by atoms with Crippen LogP contribution in [-0.4, -0.2) is 40.5 Å². The Balaban J connectivity index is 1.80. The van der Waals surface area contributed by atoms with Crippen molar-refractivity contribution >= 4 is 23.3 Å². The maximum atomic E-state index is 12.4. The number of aryl methyl sites for hydroxylation is 1. The molecule has 0 aliphatic carbocycles. The van der Waals surface area contributed by atoms with Crippen molar-refractivity contribution in [1.29, 1.82) is 0 Å². The van der Waals surface area contributed by atoms with Crippen molar-refractivity contribution in [3.8, 4) is 11.5 Å². The summed E-state index contributed by atoms with van der Waals surface area (Å²) in [7, 11) is 5.99. The first-order valence-corrected chi connectivity index (χ1v) is 8.57. The first kappa shape index (κ1) is 19.9. The third-order valence-electron chi connectivity index (χ3n) is 4.43. The van der Waals surface area contributed by atoms with Crippen LogP contribution in [0.5, 0.6) is 11.5 Å². The fourth-order valence-electron chi connectivity index (χ4n) is 2.88. The number of aromatic nitrogens is 4. The summed E-state index contributed by atoms with van der Waals surface area (Å²) in [6.45, 7) is -0.167. The zero-order valence-electron chi connectivity index (χ0n) is 16.4. The highest BCUT2D eigenvalue weighted by Crippen LogP contribution is 2.22. The molecule has 0 radical (unpaired) electrons. The van der Waals surface area contributed by atoms with E-state index in [1.807, 2.05) is 0 Å². The molecule has 0 saturated carbocycles. The van der Waals surface area contributed by atoms with Gasteiger partial charge in [-0.15, -0.1) is 0 Å². The minimum atomic E-state index is -0.498. The van der Waals surface area contributed by atoms with Crippen LogP contribution in [0.3, 0.4) is 0 Å². The van der Waals surface area contributed by atoms with Gasteiger partial charge in [0.1, 0.15) is 11.5 Å². The Kier molecular flexibility index (Phi) is 5.48. The molecule has 0 aliphatic rings. The lowest BCUT2D eigenvalue weighted by atomic mass is 10.2. The van der Waals surface area contributed by atoms with Gasteiger partial charge in [0.05, 0.1) is 20.4 Å². The Hall–Kier alpha value is -3.89. The molecule has 0 bridgehead atoms. The summed E-state index contributed by atoms with van der Waals surface area (Å²) in [5.41, 5.74) is 2.61. The van der Waals surface area contributed by atoms with E-state index >= 15 is 0 Å². The third-order valence-corrected chi connectivity index (χ3v) is 4.43. The molecule has 2 N–H and O–H groups in total. The summed E-state index contributed by atoms with van der Waals surface area (Å²) in [4.78, 5) is 39.5. The number of ether oxygens (including phenoxy) is 2. The number of amides is 1. The van der Waals surface area contributed by atoms with Gasteiger partial charge in [0.2, 0.25) is 6.33 Å². The van der Waals surface area contributed by atoms with Gasteiger partial charge in [0.25, 0.3) is 17.1 Å². The maximum Gasteiger partial charge on any atom is 0.333 e. The second-order valence-electron chi connectivity index (χ2n) is 6.21. The first-order valence-electron chi connectivity index (χ1n) is 8.57. The van der Waals surface area contributed by atoms with Crippen molar-refractivity contribution in [1.82, 2.24) is 19.5 Å². The van der Waals surface area contributed by atoms with Crippen LogP contribution in [0.15, 0.2) is 39.2 Å². The normalized spacial score (nSPS) is 11.2. The van der Waals surface area contributed by atoms with Gasteiger partial charge in [-0.3, -0.25) is 18.7 Å². The van der Waals surface area contributed by atoms with Gasteiger partial charge >= 0.3 is 11.2 Å². The molecule has 29 heavy (non-hydrogen) atoms. The molecule has 0 fully saturated rings. The van der Waals surface area contributed by atoms with Crippen molar-refractivity contribution in [2.45, 2.75) is 6.54 Å². The number of methoxy groups -OCH3 is 2. The van der Waals surface area contributed by atoms with Crippen molar-refractivity contribution in [3.05, 3.63) is 50.9 Å². The summed E-state index contributed by atoms with van der Waals surface area (Å²) < 4.78 is 14.1. The van der Waals surface area contributed by atoms with Gasteiger partial charge in [-0.2, -0.15) is 5.10 Å². The monoisotopic (exact) mass is 401 g/mol. The molecule has 0 unspecified atom stereocenters. The number of carbonyl (C=O) groups excluding carboxylic acids is 1. The molecule has 152 valence electrons. The number of benzene rings is 1. The van der Waals surface area contributed by atoms with E-state index in [1.165, 1.54) is 42.9 Å². The first-order chi connectivity index (χ1) is 13.9. The van der Waals surface area contributed by atoms with Crippen molar-refractivity contribution in [3.63, 3.8) is 0 Å². The van der Waals surface area contributed by atoms with Crippen molar-refractivity contribution in [2.24, 2.45) is 19.2 Å². The minimum Gasteiger partial charge on any atom is -0.497 e. The molecular weight excluding hydrogens is 380 g/mol. The minimum absolute atomic E-state index is 0.167. The Labute approximate surface area is 164 Å². The highest BCUT2D eigenvalue weighted by molar-refractivity contribution is 5.85. The number of carbonyl (C=O) groups is 1. The highest BCUT2D eigenvalue weighted by Gasteiger charge is 2.21. The average Bonchev–Trinajstić information content (AvgIpc) is 3.14. The van der Waals surface area contributed by atoms with Crippen molar-refractivity contribution < 1.29 is 18.8 Å². The lowest BCUT2D eigenvalue weighted by molar-refractivity contribution is -0.659. The summed E-state index contributed by atoms with van der Waals surface area (Å²) in [6, 6.07) is 5.19.